The Bertz CT molecular complexity index is 1170. The summed E-state index contributed by atoms with van der Waals surface area (Å²) < 4.78 is 47.7. The van der Waals surface area contributed by atoms with E-state index in [2.05, 4.69) is 23.3 Å². The molecule has 0 spiro atoms. The number of carbonyl (C=O) groups excluding carboxylic acids is 1. The Morgan fingerprint density at radius 3 is 1.25 bits per heavy atom. The van der Waals surface area contributed by atoms with Gasteiger partial charge in [-0.1, -0.05) is 239 Å². The molecule has 64 heavy (non-hydrogen) atoms. The highest BCUT2D eigenvalue weighted by Crippen LogP contribution is 2.26. The Labute approximate surface area is 390 Å². The molecule has 1 aliphatic heterocycles. The molecule has 1 amide bonds. The molecule has 1 aliphatic rings. The SMILES string of the molecule is CCCCCCCCCCCCCCCCCCCCCCCC(O)C(=O)NC(COC1OC(CO)C(O)C(OS(=O)(=O)O)C1O)C(O)CCCCCCCCCCCCCCCC. The molecule has 382 valence electrons. The summed E-state index contributed by atoms with van der Waals surface area (Å²) in [6.45, 7) is 3.31. The number of carbonyl (C=O) groups is 1. The van der Waals surface area contributed by atoms with Crippen molar-refractivity contribution in [1.82, 2.24) is 5.32 Å². The van der Waals surface area contributed by atoms with E-state index in [0.717, 1.165) is 38.5 Å². The van der Waals surface area contributed by atoms with Crippen molar-refractivity contribution in [3.63, 3.8) is 0 Å². The predicted octanol–water partition coefficient (Wildman–Crippen LogP) is 10.3. The molecule has 0 aliphatic carbocycles. The largest absolute Gasteiger partial charge is 0.397 e. The van der Waals surface area contributed by atoms with Crippen molar-refractivity contribution in [3.05, 3.63) is 0 Å². The summed E-state index contributed by atoms with van der Waals surface area (Å²) in [5.74, 6) is -0.664. The van der Waals surface area contributed by atoms with Gasteiger partial charge in [0.05, 0.1) is 25.4 Å². The molecular formula is C50H99NO12S. The molecule has 7 N–H and O–H groups in total. The second kappa shape index (κ2) is 41.1. The zero-order valence-electron chi connectivity index (χ0n) is 40.7. The molecule has 1 fully saturated rings. The molecule has 1 rings (SSSR count). The number of aliphatic hydroxyl groups is 5. The summed E-state index contributed by atoms with van der Waals surface area (Å²) in [6, 6.07) is -1.03. The average Bonchev–Trinajstić information content (AvgIpc) is 3.27. The number of unbranched alkanes of at least 4 members (excludes halogenated alkanes) is 33. The van der Waals surface area contributed by atoms with Crippen LogP contribution in [0.2, 0.25) is 0 Å². The highest BCUT2D eigenvalue weighted by atomic mass is 32.3. The molecule has 1 saturated heterocycles. The van der Waals surface area contributed by atoms with E-state index in [9.17, 15) is 43.3 Å². The molecule has 0 radical (unpaired) electrons. The fourth-order valence-electron chi connectivity index (χ4n) is 8.82. The molecular weight excluding hydrogens is 839 g/mol. The lowest BCUT2D eigenvalue weighted by Crippen LogP contribution is -2.61. The molecule has 0 bridgehead atoms. The number of aliphatic hydroxyl groups excluding tert-OH is 5. The van der Waals surface area contributed by atoms with Crippen LogP contribution in [0.1, 0.15) is 251 Å². The summed E-state index contributed by atoms with van der Waals surface area (Å²) in [5, 5.41) is 55.5. The number of amides is 1. The van der Waals surface area contributed by atoms with E-state index >= 15 is 0 Å². The highest BCUT2D eigenvalue weighted by Gasteiger charge is 2.48. The maximum atomic E-state index is 13.2. The van der Waals surface area contributed by atoms with Gasteiger partial charge >= 0.3 is 10.4 Å². The topological polar surface area (TPSA) is 212 Å². The summed E-state index contributed by atoms with van der Waals surface area (Å²) in [7, 11) is -5.11. The van der Waals surface area contributed by atoms with E-state index < -0.39 is 78.5 Å². The normalized spacial score (nSPS) is 20.7. The van der Waals surface area contributed by atoms with E-state index in [1.807, 2.05) is 0 Å². The predicted molar refractivity (Wildman–Crippen MR) is 256 cm³/mol. The van der Waals surface area contributed by atoms with E-state index in [4.69, 9.17) is 9.47 Å². The minimum atomic E-state index is -5.11. The number of rotatable bonds is 46. The van der Waals surface area contributed by atoms with Crippen LogP contribution in [0.15, 0.2) is 0 Å². The van der Waals surface area contributed by atoms with E-state index in [0.29, 0.717) is 19.3 Å². The number of nitrogens with one attached hydrogen (secondary N) is 1. The van der Waals surface area contributed by atoms with Gasteiger partial charge in [0.1, 0.15) is 30.5 Å². The molecule has 8 atom stereocenters. The quantitative estimate of drug-likeness (QED) is 0.0224. The maximum absolute atomic E-state index is 13.2. The Morgan fingerprint density at radius 1 is 0.562 bits per heavy atom. The number of hydrogen-bond acceptors (Lipinski definition) is 11. The standard InChI is InChI=1S/C50H99NO12S/c1-3-5-7-9-11-13-15-17-19-20-21-22-23-24-25-27-29-31-33-35-37-39-44(54)49(57)51-42(41-61-50-47(56)48(63-64(58,59)60)46(55)45(40-52)62-50)43(53)38-36-34-32-30-28-26-18-16-14-12-10-8-6-4-2/h42-48,50,52-56H,3-41H2,1-2H3,(H,51,57)(H,58,59,60). The Hall–Kier alpha value is -0.940. The molecule has 0 saturated carbocycles. The molecule has 0 aromatic heterocycles. The van der Waals surface area contributed by atoms with Crippen LogP contribution in [0.4, 0.5) is 0 Å². The van der Waals surface area contributed by atoms with Gasteiger partial charge in [-0.25, -0.2) is 4.18 Å². The first-order valence-corrected chi connectivity index (χ1v) is 27.9. The van der Waals surface area contributed by atoms with E-state index in [1.54, 1.807) is 0 Å². The van der Waals surface area contributed by atoms with Crippen LogP contribution in [-0.4, -0.2) is 107 Å². The maximum Gasteiger partial charge on any atom is 0.397 e. The Balaban J connectivity index is 2.43. The first-order chi connectivity index (χ1) is 30.9. The van der Waals surface area contributed by atoms with Crippen LogP contribution in [0, 0.1) is 0 Å². The van der Waals surface area contributed by atoms with Gasteiger partial charge in [-0.3, -0.25) is 9.35 Å². The van der Waals surface area contributed by atoms with Gasteiger partial charge in [-0.15, -0.1) is 0 Å². The molecule has 8 unspecified atom stereocenters. The smallest absolute Gasteiger partial charge is 0.394 e. The summed E-state index contributed by atoms with van der Waals surface area (Å²) >= 11 is 0. The van der Waals surface area contributed by atoms with Gasteiger partial charge in [0.25, 0.3) is 0 Å². The second-order valence-electron chi connectivity index (χ2n) is 19.0. The first-order valence-electron chi connectivity index (χ1n) is 26.5. The van der Waals surface area contributed by atoms with Crippen molar-refractivity contribution in [1.29, 1.82) is 0 Å². The van der Waals surface area contributed by atoms with Crippen LogP contribution < -0.4 is 5.32 Å². The van der Waals surface area contributed by atoms with Crippen LogP contribution >= 0.6 is 0 Å². The van der Waals surface area contributed by atoms with Crippen LogP contribution in [0.3, 0.4) is 0 Å². The third kappa shape index (κ3) is 32.7. The Kier molecular flexibility index (Phi) is 39.2. The minimum absolute atomic E-state index is 0.267. The van der Waals surface area contributed by atoms with Gasteiger partial charge in [0.15, 0.2) is 6.29 Å². The van der Waals surface area contributed by atoms with Gasteiger partial charge < -0.3 is 40.3 Å². The van der Waals surface area contributed by atoms with Crippen molar-refractivity contribution in [2.45, 2.75) is 300 Å². The average molecular weight is 938 g/mol. The molecule has 0 aromatic carbocycles. The zero-order chi connectivity index (χ0) is 47.1. The van der Waals surface area contributed by atoms with Crippen molar-refractivity contribution >= 4 is 16.3 Å². The highest BCUT2D eigenvalue weighted by molar-refractivity contribution is 7.80. The van der Waals surface area contributed by atoms with Crippen molar-refractivity contribution in [2.75, 3.05) is 13.2 Å². The number of hydrogen-bond donors (Lipinski definition) is 7. The lowest BCUT2D eigenvalue weighted by Gasteiger charge is -2.41. The fourth-order valence-corrected chi connectivity index (χ4v) is 9.33. The van der Waals surface area contributed by atoms with Gasteiger partial charge in [-0.05, 0) is 12.8 Å². The molecule has 14 heteroatoms. The van der Waals surface area contributed by atoms with Crippen LogP contribution in [0.25, 0.3) is 0 Å². The lowest BCUT2D eigenvalue weighted by atomic mass is 9.99. The molecule has 13 nitrogen and oxygen atoms in total. The lowest BCUT2D eigenvalue weighted by molar-refractivity contribution is -0.298. The van der Waals surface area contributed by atoms with Crippen LogP contribution in [-0.2, 0) is 28.9 Å². The fraction of sp³-hybridized carbons (Fsp3) is 0.980. The van der Waals surface area contributed by atoms with E-state index in [1.165, 1.54) is 173 Å². The third-order valence-electron chi connectivity index (χ3n) is 13.0. The van der Waals surface area contributed by atoms with Gasteiger partial charge in [0.2, 0.25) is 5.91 Å². The van der Waals surface area contributed by atoms with Crippen molar-refractivity contribution in [2.24, 2.45) is 0 Å². The third-order valence-corrected chi connectivity index (χ3v) is 13.5. The summed E-state index contributed by atoms with van der Waals surface area (Å²) in [4.78, 5) is 13.2. The second-order valence-corrected chi connectivity index (χ2v) is 20.0. The van der Waals surface area contributed by atoms with Gasteiger partial charge in [-0.2, -0.15) is 8.42 Å². The summed E-state index contributed by atoms with van der Waals surface area (Å²) in [5.41, 5.74) is 0. The van der Waals surface area contributed by atoms with E-state index in [-0.39, 0.29) is 6.42 Å². The monoisotopic (exact) mass is 938 g/mol. The van der Waals surface area contributed by atoms with Crippen molar-refractivity contribution in [3.8, 4) is 0 Å². The van der Waals surface area contributed by atoms with Crippen molar-refractivity contribution < 1.29 is 57.0 Å². The molecule has 0 aromatic rings. The number of ether oxygens (including phenoxy) is 2. The summed E-state index contributed by atoms with van der Waals surface area (Å²) in [6.07, 6.45) is 32.8. The van der Waals surface area contributed by atoms with Gasteiger partial charge in [0, 0.05) is 0 Å². The first kappa shape index (κ1) is 61.1. The molecule has 1 heterocycles. The van der Waals surface area contributed by atoms with Crippen LogP contribution in [0.5, 0.6) is 0 Å². The zero-order valence-corrected chi connectivity index (χ0v) is 41.6. The Morgan fingerprint density at radius 2 is 0.906 bits per heavy atom. The minimum Gasteiger partial charge on any atom is -0.394 e.